The van der Waals surface area contributed by atoms with E-state index in [4.69, 9.17) is 28.9 Å². The predicted molar refractivity (Wildman–Crippen MR) is 265 cm³/mol. The molecule has 0 fully saturated rings. The predicted octanol–water partition coefficient (Wildman–Crippen LogP) is 5.04. The summed E-state index contributed by atoms with van der Waals surface area (Å²) in [4.78, 5) is 9.68. The van der Waals surface area contributed by atoms with Crippen molar-refractivity contribution in [1.82, 2.24) is 9.97 Å². The van der Waals surface area contributed by atoms with Crippen LogP contribution < -0.4 is 75.6 Å². The summed E-state index contributed by atoms with van der Waals surface area (Å²) in [7, 11) is 4.32. The van der Waals surface area contributed by atoms with E-state index in [-0.39, 0.29) is 65.0 Å². The number of benzene rings is 4. The molecular formula is C54H58Cl2Ir2N2O4P2-2. The summed E-state index contributed by atoms with van der Waals surface area (Å²) in [5.41, 5.74) is 1.62. The van der Waals surface area contributed by atoms with E-state index >= 15 is 0 Å². The summed E-state index contributed by atoms with van der Waals surface area (Å²) >= 11 is 0. The van der Waals surface area contributed by atoms with E-state index in [1.165, 1.54) is 72.6 Å². The maximum Gasteiger partial charge on any atom is 0.225 e. The number of hydrogen-bond acceptors (Lipinski definition) is 6. The number of halogens is 2. The second-order valence-corrected chi connectivity index (χ2v) is 18.7. The third-order valence-corrected chi connectivity index (χ3v) is 15.1. The fourth-order valence-corrected chi connectivity index (χ4v) is 12.1. The van der Waals surface area contributed by atoms with Crippen LogP contribution in [0.4, 0.5) is 0 Å². The number of ether oxygens (including phenoxy) is 4. The summed E-state index contributed by atoms with van der Waals surface area (Å²) in [6.45, 7) is 0. The Balaban J connectivity index is 0.000000631. The molecule has 0 unspecified atom stereocenters. The molecule has 0 spiro atoms. The zero-order chi connectivity index (χ0) is 43.2. The first-order valence-corrected chi connectivity index (χ1v) is 24.0. The summed E-state index contributed by atoms with van der Waals surface area (Å²) in [6, 6.07) is 46.2. The molecule has 2 heterocycles. The first-order valence-electron chi connectivity index (χ1n) is 21.3. The maximum atomic E-state index is 6.12. The number of aromatic nitrogens is 2. The molecule has 0 saturated heterocycles. The third-order valence-electron chi connectivity index (χ3n) is 10.1. The second kappa shape index (κ2) is 32.7. The number of hydrogen-bond donors (Lipinski definition) is 0. The number of rotatable bonds is 11. The van der Waals surface area contributed by atoms with Crippen molar-refractivity contribution in [3.05, 3.63) is 182 Å². The SMILES string of the molecule is C1=C\CC/C=C\CC/1.C1=C\CC/C=C\CC/1.COc1cc(P(c2ccccc2)c2ccccc2)c(-c2c(P(c3ccccc3)c3ccccc3)cc(OC)nc2OC)c(OC)n1.[Cl-].[Cl-].[Ir].[Ir]. The van der Waals surface area contributed by atoms with Crippen LogP contribution in [0.5, 0.6) is 23.5 Å². The van der Waals surface area contributed by atoms with Gasteiger partial charge in [0.05, 0.1) is 39.6 Å². The van der Waals surface area contributed by atoms with Gasteiger partial charge in [-0.25, -0.2) is 0 Å². The summed E-state index contributed by atoms with van der Waals surface area (Å²) < 4.78 is 23.8. The van der Waals surface area contributed by atoms with E-state index in [0.29, 0.717) is 23.5 Å². The van der Waals surface area contributed by atoms with Gasteiger partial charge >= 0.3 is 0 Å². The number of nitrogens with zero attached hydrogens (tertiary/aromatic N) is 2. The monoisotopic (exact) mass is 1320 g/mol. The molecule has 2 aliphatic carbocycles. The van der Waals surface area contributed by atoms with Crippen molar-refractivity contribution in [2.75, 3.05) is 28.4 Å². The first-order chi connectivity index (χ1) is 30.7. The van der Waals surface area contributed by atoms with E-state index in [9.17, 15) is 0 Å². The topological polar surface area (TPSA) is 62.7 Å². The Kier molecular flexibility index (Phi) is 28.9. The Morgan fingerprint density at radius 3 is 0.773 bits per heavy atom. The smallest absolute Gasteiger partial charge is 0.225 e. The zero-order valence-corrected chi connectivity index (χ0v) is 45.9. The molecule has 2 radical (unpaired) electrons. The van der Waals surface area contributed by atoms with Crippen molar-refractivity contribution in [3.63, 3.8) is 0 Å². The first kappa shape index (κ1) is 58.2. The Labute approximate surface area is 434 Å². The van der Waals surface area contributed by atoms with Gasteiger partial charge in [0, 0.05) is 63.0 Å². The van der Waals surface area contributed by atoms with Crippen LogP contribution in [0.1, 0.15) is 51.4 Å². The summed E-state index contributed by atoms with van der Waals surface area (Å²) in [5, 5.41) is 6.73. The number of allylic oxidation sites excluding steroid dienone is 8. The van der Waals surface area contributed by atoms with Gasteiger partial charge in [0.2, 0.25) is 23.5 Å². The van der Waals surface area contributed by atoms with Crippen molar-refractivity contribution in [1.29, 1.82) is 0 Å². The molecule has 8 rings (SSSR count). The van der Waals surface area contributed by atoms with Crippen molar-refractivity contribution in [3.8, 4) is 34.6 Å². The molecule has 0 amide bonds. The van der Waals surface area contributed by atoms with Crippen LogP contribution in [0, 0.1) is 0 Å². The van der Waals surface area contributed by atoms with Gasteiger partial charge in [0.1, 0.15) is 0 Å². The maximum absolute atomic E-state index is 6.12. The molecule has 0 aliphatic heterocycles. The minimum Gasteiger partial charge on any atom is -1.00 e. The van der Waals surface area contributed by atoms with Crippen LogP contribution in [-0.2, 0) is 40.2 Å². The van der Waals surface area contributed by atoms with Crippen LogP contribution in [0.25, 0.3) is 11.1 Å². The quantitative estimate of drug-likeness (QED) is 0.134. The van der Waals surface area contributed by atoms with E-state index in [0.717, 1.165) is 21.7 Å². The average Bonchev–Trinajstić information content (AvgIpc) is 3.30. The zero-order valence-electron chi connectivity index (χ0n) is 37.8. The fraction of sp³-hybridized carbons (Fsp3) is 0.222. The Morgan fingerprint density at radius 2 is 0.576 bits per heavy atom. The molecule has 0 atom stereocenters. The summed E-state index contributed by atoms with van der Waals surface area (Å²) in [6.07, 6.45) is 28.0. The normalized spacial score (nSPS) is 14.5. The van der Waals surface area contributed by atoms with Gasteiger partial charge in [-0.1, -0.05) is 170 Å². The number of pyridine rings is 2. The molecule has 352 valence electrons. The molecule has 12 heteroatoms. The van der Waals surface area contributed by atoms with Gasteiger partial charge in [-0.2, -0.15) is 9.97 Å². The van der Waals surface area contributed by atoms with E-state index < -0.39 is 15.8 Å². The van der Waals surface area contributed by atoms with E-state index in [2.05, 4.69) is 146 Å². The van der Waals surface area contributed by atoms with Crippen LogP contribution in [-0.4, -0.2) is 38.4 Å². The van der Waals surface area contributed by atoms with Gasteiger partial charge in [0.25, 0.3) is 0 Å². The van der Waals surface area contributed by atoms with Crippen molar-refractivity contribution < 1.29 is 84.0 Å². The standard InChI is InChI=1S/C38H34N2O4P2.2C8H12.2ClH.2Ir/c1-41-33-25-31(45(27-17-9-5-10-18-27)28-19-11-6-12-20-28)35(37(39-33)43-3)36-32(26-34(42-2)40-38(36)44-4)46(29-21-13-7-14-22-29)30-23-15-8-16-24-30;2*1-2-4-6-8-7-5-3-1;;;;/h5-26H,1-4H3;2*1-2,7-8H,3-6H2;2*1H;;/p-2/b;2*2-1-,8-7-;;;;. The fourth-order valence-electron chi connectivity index (χ4n) is 7.18. The number of methoxy groups -OCH3 is 4. The van der Waals surface area contributed by atoms with Crippen LogP contribution in [0.15, 0.2) is 182 Å². The minimum absolute atomic E-state index is 0. The van der Waals surface area contributed by atoms with Gasteiger partial charge < -0.3 is 43.8 Å². The molecule has 0 bridgehead atoms. The molecule has 0 N–H and O–H groups in total. The van der Waals surface area contributed by atoms with Crippen LogP contribution in [0.3, 0.4) is 0 Å². The Bertz CT molecular complexity index is 2100. The van der Waals surface area contributed by atoms with Gasteiger partial charge in [-0.05, 0) is 88.4 Å². The largest absolute Gasteiger partial charge is 1.00 e. The van der Waals surface area contributed by atoms with Crippen molar-refractivity contribution in [2.24, 2.45) is 0 Å². The Morgan fingerprint density at radius 1 is 0.348 bits per heavy atom. The van der Waals surface area contributed by atoms with Crippen LogP contribution >= 0.6 is 15.8 Å². The van der Waals surface area contributed by atoms with Gasteiger partial charge in [0.15, 0.2) is 0 Å². The molecule has 0 saturated carbocycles. The van der Waals surface area contributed by atoms with E-state index in [1.807, 2.05) is 36.4 Å². The molecule has 2 aromatic heterocycles. The minimum atomic E-state index is -1.11. The summed E-state index contributed by atoms with van der Waals surface area (Å²) in [5.74, 6) is 1.78. The molecule has 4 aromatic carbocycles. The second-order valence-electron chi connectivity index (χ2n) is 14.3. The molecule has 66 heavy (non-hydrogen) atoms. The molecule has 6 nitrogen and oxygen atoms in total. The van der Waals surface area contributed by atoms with Crippen molar-refractivity contribution >= 4 is 47.7 Å². The third kappa shape index (κ3) is 16.7. The van der Waals surface area contributed by atoms with Gasteiger partial charge in [-0.15, -0.1) is 0 Å². The van der Waals surface area contributed by atoms with E-state index in [1.54, 1.807) is 28.4 Å². The average molecular weight is 1320 g/mol. The molecule has 6 aromatic rings. The molecule has 2 aliphatic rings. The van der Waals surface area contributed by atoms with Gasteiger partial charge in [-0.3, -0.25) is 0 Å². The Hall–Kier alpha value is -3.92. The molecular weight excluding hydrogens is 1260 g/mol. The van der Waals surface area contributed by atoms with Crippen molar-refractivity contribution in [2.45, 2.75) is 51.4 Å². The van der Waals surface area contributed by atoms with Crippen LogP contribution in [0.2, 0.25) is 0 Å².